The molecule has 0 aromatic carbocycles. The Morgan fingerprint density at radius 2 is 1.92 bits per heavy atom. The standard InChI is InChI=1S/C15H25NO8S/c1-9(17)16-10(6-7-25(20,21)22)8-14(2,3)11-12(18)24-15(4,5)13(19)23-11/h10-11H,6-8H2,1-5H3,(H,16,17)(H,20,21,22). The summed E-state index contributed by atoms with van der Waals surface area (Å²) in [6, 6.07) is -0.643. The third-order valence-electron chi connectivity index (χ3n) is 3.90. The summed E-state index contributed by atoms with van der Waals surface area (Å²) in [7, 11) is -4.20. The molecule has 0 radical (unpaired) electrons. The Morgan fingerprint density at radius 1 is 1.36 bits per heavy atom. The molecule has 1 heterocycles. The van der Waals surface area contributed by atoms with E-state index >= 15 is 0 Å². The van der Waals surface area contributed by atoms with Crippen LogP contribution in [0.2, 0.25) is 0 Å². The van der Waals surface area contributed by atoms with Crippen LogP contribution in [-0.2, 0) is 34.0 Å². The summed E-state index contributed by atoms with van der Waals surface area (Å²) in [5.41, 5.74) is -2.30. The molecule has 10 heteroatoms. The number of carbonyl (C=O) groups is 3. The lowest BCUT2D eigenvalue weighted by molar-refractivity contribution is -0.215. The van der Waals surface area contributed by atoms with E-state index in [0.717, 1.165) is 0 Å². The van der Waals surface area contributed by atoms with E-state index in [4.69, 9.17) is 14.0 Å². The molecule has 1 saturated heterocycles. The quantitative estimate of drug-likeness (QED) is 0.480. The number of hydrogen-bond acceptors (Lipinski definition) is 7. The fourth-order valence-electron chi connectivity index (χ4n) is 2.67. The molecule has 1 rings (SSSR count). The van der Waals surface area contributed by atoms with Gasteiger partial charge in [-0.05, 0) is 26.7 Å². The average Bonchev–Trinajstić information content (AvgIpc) is 2.37. The molecule has 0 aliphatic carbocycles. The van der Waals surface area contributed by atoms with Crippen LogP contribution in [0.3, 0.4) is 0 Å². The van der Waals surface area contributed by atoms with Crippen molar-refractivity contribution in [2.45, 2.75) is 65.2 Å². The van der Waals surface area contributed by atoms with Crippen LogP contribution in [0.15, 0.2) is 0 Å². The lowest BCUT2D eigenvalue weighted by Gasteiger charge is -2.40. The molecule has 0 saturated carbocycles. The van der Waals surface area contributed by atoms with Gasteiger partial charge in [-0.2, -0.15) is 8.42 Å². The predicted octanol–water partition coefficient (Wildman–Crippen LogP) is 0.433. The van der Waals surface area contributed by atoms with Gasteiger partial charge >= 0.3 is 11.9 Å². The first-order chi connectivity index (χ1) is 11.1. The Bertz CT molecular complexity index is 652. The SMILES string of the molecule is CC(=O)NC(CCS(=O)(=O)O)CC(C)(C)C1OC(=O)C(C)(C)OC1=O. The van der Waals surface area contributed by atoms with E-state index in [2.05, 4.69) is 5.32 Å². The van der Waals surface area contributed by atoms with Crippen molar-refractivity contribution in [1.82, 2.24) is 5.32 Å². The van der Waals surface area contributed by atoms with E-state index in [1.54, 1.807) is 13.8 Å². The summed E-state index contributed by atoms with van der Waals surface area (Å²) in [6.45, 7) is 7.40. The van der Waals surface area contributed by atoms with Crippen LogP contribution in [-0.4, -0.2) is 54.3 Å². The number of hydrogen-bond donors (Lipinski definition) is 2. The molecule has 0 bridgehead atoms. The molecule has 2 N–H and O–H groups in total. The molecule has 1 aliphatic heterocycles. The monoisotopic (exact) mass is 379 g/mol. The molecular weight excluding hydrogens is 354 g/mol. The van der Waals surface area contributed by atoms with E-state index in [1.807, 2.05) is 0 Å². The van der Waals surface area contributed by atoms with Gasteiger partial charge in [0.1, 0.15) is 0 Å². The van der Waals surface area contributed by atoms with Crippen LogP contribution < -0.4 is 5.32 Å². The lowest BCUT2D eigenvalue weighted by Crippen LogP contribution is -2.55. The molecule has 25 heavy (non-hydrogen) atoms. The topological polar surface area (TPSA) is 136 Å². The highest BCUT2D eigenvalue weighted by Crippen LogP contribution is 2.35. The molecule has 1 aliphatic rings. The average molecular weight is 379 g/mol. The third-order valence-corrected chi connectivity index (χ3v) is 4.65. The number of esters is 2. The van der Waals surface area contributed by atoms with Gasteiger partial charge in [0, 0.05) is 18.4 Å². The smallest absolute Gasteiger partial charge is 0.350 e. The maximum atomic E-state index is 12.2. The second-order valence-corrected chi connectivity index (χ2v) is 8.95. The minimum absolute atomic E-state index is 0.0525. The fourth-order valence-corrected chi connectivity index (χ4v) is 3.25. The zero-order valence-electron chi connectivity index (χ0n) is 15.0. The first-order valence-electron chi connectivity index (χ1n) is 7.80. The van der Waals surface area contributed by atoms with Gasteiger partial charge in [0.25, 0.3) is 10.1 Å². The number of ether oxygens (including phenoxy) is 2. The van der Waals surface area contributed by atoms with Gasteiger partial charge in [0.05, 0.1) is 5.75 Å². The summed E-state index contributed by atoms with van der Waals surface area (Å²) >= 11 is 0. The predicted molar refractivity (Wildman–Crippen MR) is 87.1 cm³/mol. The molecule has 0 spiro atoms. The minimum Gasteiger partial charge on any atom is -0.447 e. The van der Waals surface area contributed by atoms with Crippen molar-refractivity contribution < 1.29 is 36.8 Å². The summed E-state index contributed by atoms with van der Waals surface area (Å²) in [6.07, 6.45) is -1.10. The third kappa shape index (κ3) is 6.28. The van der Waals surface area contributed by atoms with Crippen LogP contribution in [0.5, 0.6) is 0 Å². The lowest BCUT2D eigenvalue weighted by atomic mass is 9.79. The van der Waals surface area contributed by atoms with Crippen molar-refractivity contribution in [3.63, 3.8) is 0 Å². The number of carbonyl (C=O) groups excluding carboxylic acids is 3. The zero-order valence-corrected chi connectivity index (χ0v) is 15.8. The molecular formula is C15H25NO8S. The summed E-state index contributed by atoms with van der Waals surface area (Å²) in [5, 5.41) is 2.58. The Balaban J connectivity index is 2.91. The van der Waals surface area contributed by atoms with Crippen molar-refractivity contribution in [2.24, 2.45) is 5.41 Å². The number of rotatable bonds is 7. The summed E-state index contributed by atoms with van der Waals surface area (Å²) in [5.74, 6) is -2.32. The van der Waals surface area contributed by atoms with Gasteiger partial charge in [0.15, 0.2) is 0 Å². The highest BCUT2D eigenvalue weighted by atomic mass is 32.2. The largest absolute Gasteiger partial charge is 0.447 e. The molecule has 1 fully saturated rings. The molecule has 9 nitrogen and oxygen atoms in total. The van der Waals surface area contributed by atoms with Crippen LogP contribution in [0.4, 0.5) is 0 Å². The fraction of sp³-hybridized carbons (Fsp3) is 0.800. The van der Waals surface area contributed by atoms with Gasteiger partial charge in [-0.1, -0.05) is 13.8 Å². The first-order valence-corrected chi connectivity index (χ1v) is 9.41. The van der Waals surface area contributed by atoms with Crippen molar-refractivity contribution in [3.05, 3.63) is 0 Å². The van der Waals surface area contributed by atoms with Gasteiger partial charge < -0.3 is 14.8 Å². The van der Waals surface area contributed by atoms with Crippen molar-refractivity contribution >= 4 is 28.0 Å². The van der Waals surface area contributed by atoms with Crippen LogP contribution >= 0.6 is 0 Å². The van der Waals surface area contributed by atoms with Crippen LogP contribution in [0.1, 0.15) is 47.5 Å². The van der Waals surface area contributed by atoms with Gasteiger partial charge in [-0.3, -0.25) is 9.35 Å². The Hall–Kier alpha value is -1.68. The van der Waals surface area contributed by atoms with E-state index in [-0.39, 0.29) is 18.7 Å². The molecule has 144 valence electrons. The molecule has 0 aromatic rings. The Morgan fingerprint density at radius 3 is 2.40 bits per heavy atom. The molecule has 0 aromatic heterocycles. The van der Waals surface area contributed by atoms with Crippen molar-refractivity contribution in [1.29, 1.82) is 0 Å². The van der Waals surface area contributed by atoms with E-state index in [9.17, 15) is 22.8 Å². The normalized spacial score (nSPS) is 21.9. The van der Waals surface area contributed by atoms with E-state index < -0.39 is 51.0 Å². The zero-order chi connectivity index (χ0) is 19.6. The van der Waals surface area contributed by atoms with Crippen molar-refractivity contribution in [2.75, 3.05) is 5.75 Å². The van der Waals surface area contributed by atoms with Crippen molar-refractivity contribution in [3.8, 4) is 0 Å². The first kappa shape index (κ1) is 21.4. The summed E-state index contributed by atoms with van der Waals surface area (Å²) in [4.78, 5) is 35.5. The highest BCUT2D eigenvalue weighted by Gasteiger charge is 2.50. The maximum Gasteiger partial charge on any atom is 0.350 e. The molecule has 2 unspecified atom stereocenters. The number of nitrogens with one attached hydrogen (secondary N) is 1. The van der Waals surface area contributed by atoms with Crippen LogP contribution in [0, 0.1) is 5.41 Å². The van der Waals surface area contributed by atoms with Gasteiger partial charge in [-0.15, -0.1) is 0 Å². The highest BCUT2D eigenvalue weighted by molar-refractivity contribution is 7.85. The van der Waals surface area contributed by atoms with Gasteiger partial charge in [0.2, 0.25) is 17.6 Å². The van der Waals surface area contributed by atoms with E-state index in [0.29, 0.717) is 0 Å². The molecule has 2 atom stereocenters. The van der Waals surface area contributed by atoms with Crippen LogP contribution in [0.25, 0.3) is 0 Å². The second-order valence-electron chi connectivity index (χ2n) is 7.38. The second kappa shape index (κ2) is 7.28. The number of cyclic esters (lactones) is 2. The van der Waals surface area contributed by atoms with Gasteiger partial charge in [-0.25, -0.2) is 9.59 Å². The number of amides is 1. The Kier molecular flexibility index (Phi) is 6.22. The van der Waals surface area contributed by atoms with E-state index in [1.165, 1.54) is 20.8 Å². The Labute approximate surface area is 147 Å². The minimum atomic E-state index is -4.20. The molecule has 1 amide bonds. The summed E-state index contributed by atoms with van der Waals surface area (Å²) < 4.78 is 41.2. The maximum absolute atomic E-state index is 12.2.